The van der Waals surface area contributed by atoms with Crippen LogP contribution in [0, 0.1) is 0 Å². The SMILES string of the molecule is CC(=O)NCc1ccc(-c2nc(C(=O)N3CCCCC3)co2)cc1. The summed E-state index contributed by atoms with van der Waals surface area (Å²) >= 11 is 0. The molecule has 1 aromatic heterocycles. The molecule has 0 atom stereocenters. The molecule has 0 spiro atoms. The molecule has 0 unspecified atom stereocenters. The number of hydrogen-bond donors (Lipinski definition) is 1. The Kier molecular flexibility index (Phi) is 4.93. The summed E-state index contributed by atoms with van der Waals surface area (Å²) in [5.41, 5.74) is 2.15. The second-order valence-electron chi connectivity index (χ2n) is 6.00. The number of hydrogen-bond acceptors (Lipinski definition) is 4. The molecular weight excluding hydrogens is 306 g/mol. The molecule has 0 aliphatic carbocycles. The lowest BCUT2D eigenvalue weighted by molar-refractivity contribution is -0.119. The monoisotopic (exact) mass is 327 g/mol. The second kappa shape index (κ2) is 7.29. The van der Waals surface area contributed by atoms with Crippen LogP contribution in [0.25, 0.3) is 11.5 Å². The Morgan fingerprint density at radius 3 is 2.54 bits per heavy atom. The van der Waals surface area contributed by atoms with E-state index in [-0.39, 0.29) is 11.8 Å². The van der Waals surface area contributed by atoms with Crippen LogP contribution in [0.15, 0.2) is 34.9 Å². The van der Waals surface area contributed by atoms with Gasteiger partial charge in [0.1, 0.15) is 6.26 Å². The molecule has 0 bridgehead atoms. The molecule has 1 saturated heterocycles. The minimum atomic E-state index is -0.0630. The minimum Gasteiger partial charge on any atom is -0.444 e. The van der Waals surface area contributed by atoms with Crippen molar-refractivity contribution in [3.63, 3.8) is 0 Å². The van der Waals surface area contributed by atoms with Gasteiger partial charge in [0, 0.05) is 32.1 Å². The molecule has 2 amide bonds. The van der Waals surface area contributed by atoms with Gasteiger partial charge in [0.2, 0.25) is 11.8 Å². The number of oxazole rings is 1. The summed E-state index contributed by atoms with van der Waals surface area (Å²) < 4.78 is 5.47. The summed E-state index contributed by atoms with van der Waals surface area (Å²) in [6.07, 6.45) is 4.70. The first-order chi connectivity index (χ1) is 11.6. The van der Waals surface area contributed by atoms with Gasteiger partial charge in [-0.3, -0.25) is 9.59 Å². The number of aromatic nitrogens is 1. The molecular formula is C18H21N3O3. The molecule has 0 saturated carbocycles. The lowest BCUT2D eigenvalue weighted by Crippen LogP contribution is -2.35. The van der Waals surface area contributed by atoms with Crippen LogP contribution in [0.2, 0.25) is 0 Å². The molecule has 1 aromatic carbocycles. The van der Waals surface area contributed by atoms with E-state index in [1.165, 1.54) is 19.6 Å². The Bertz CT molecular complexity index is 715. The summed E-state index contributed by atoms with van der Waals surface area (Å²) in [7, 11) is 0. The van der Waals surface area contributed by atoms with Crippen LogP contribution in [0.1, 0.15) is 42.2 Å². The molecule has 126 valence electrons. The topological polar surface area (TPSA) is 75.4 Å². The summed E-state index contributed by atoms with van der Waals surface area (Å²) in [4.78, 5) is 29.5. The van der Waals surface area contributed by atoms with Crippen LogP contribution >= 0.6 is 0 Å². The Morgan fingerprint density at radius 2 is 1.88 bits per heavy atom. The first-order valence-corrected chi connectivity index (χ1v) is 8.22. The summed E-state index contributed by atoms with van der Waals surface area (Å²) in [5.74, 6) is 0.307. The van der Waals surface area contributed by atoms with E-state index < -0.39 is 0 Å². The van der Waals surface area contributed by atoms with Gasteiger partial charge in [0.25, 0.3) is 5.91 Å². The molecule has 6 heteroatoms. The predicted molar refractivity (Wildman–Crippen MR) is 89.2 cm³/mol. The van der Waals surface area contributed by atoms with E-state index in [1.807, 2.05) is 29.2 Å². The normalized spacial score (nSPS) is 14.5. The molecule has 0 radical (unpaired) electrons. The van der Waals surface area contributed by atoms with Gasteiger partial charge in [-0.2, -0.15) is 0 Å². The highest BCUT2D eigenvalue weighted by Crippen LogP contribution is 2.21. The third-order valence-corrected chi connectivity index (χ3v) is 4.11. The fourth-order valence-corrected chi connectivity index (χ4v) is 2.76. The van der Waals surface area contributed by atoms with Crippen LogP contribution in [0.5, 0.6) is 0 Å². The predicted octanol–water partition coefficient (Wildman–Crippen LogP) is 2.60. The minimum absolute atomic E-state index is 0.0624. The fourth-order valence-electron chi connectivity index (χ4n) is 2.76. The van der Waals surface area contributed by atoms with Gasteiger partial charge in [-0.15, -0.1) is 0 Å². The van der Waals surface area contributed by atoms with Crippen LogP contribution in [0.4, 0.5) is 0 Å². The molecule has 1 aliphatic rings. The smallest absolute Gasteiger partial charge is 0.275 e. The van der Waals surface area contributed by atoms with E-state index in [4.69, 9.17) is 4.42 Å². The lowest BCUT2D eigenvalue weighted by Gasteiger charge is -2.25. The number of amides is 2. The molecule has 6 nitrogen and oxygen atoms in total. The summed E-state index contributed by atoms with van der Waals surface area (Å²) in [6, 6.07) is 7.56. The highest BCUT2D eigenvalue weighted by Gasteiger charge is 2.21. The van der Waals surface area contributed by atoms with Gasteiger partial charge in [-0.05, 0) is 37.0 Å². The number of piperidine rings is 1. The zero-order chi connectivity index (χ0) is 16.9. The zero-order valence-electron chi connectivity index (χ0n) is 13.7. The van der Waals surface area contributed by atoms with Crippen LogP contribution in [-0.4, -0.2) is 34.8 Å². The number of carbonyl (C=O) groups excluding carboxylic acids is 2. The second-order valence-corrected chi connectivity index (χ2v) is 6.00. The van der Waals surface area contributed by atoms with Crippen molar-refractivity contribution in [2.24, 2.45) is 0 Å². The fraction of sp³-hybridized carbons (Fsp3) is 0.389. The van der Waals surface area contributed by atoms with Gasteiger partial charge in [0.05, 0.1) is 0 Å². The summed E-state index contributed by atoms with van der Waals surface area (Å²) in [6.45, 7) is 3.56. The van der Waals surface area contributed by atoms with Gasteiger partial charge in [0.15, 0.2) is 5.69 Å². The largest absolute Gasteiger partial charge is 0.444 e. The van der Waals surface area contributed by atoms with Crippen molar-refractivity contribution >= 4 is 11.8 Å². The number of nitrogens with one attached hydrogen (secondary N) is 1. The van der Waals surface area contributed by atoms with Crippen LogP contribution in [0.3, 0.4) is 0 Å². The average molecular weight is 327 g/mol. The number of carbonyl (C=O) groups is 2. The molecule has 3 rings (SSSR count). The van der Waals surface area contributed by atoms with Crippen molar-refractivity contribution in [3.8, 4) is 11.5 Å². The Balaban J connectivity index is 1.68. The van der Waals surface area contributed by atoms with Crippen LogP contribution in [-0.2, 0) is 11.3 Å². The highest BCUT2D eigenvalue weighted by molar-refractivity contribution is 5.92. The van der Waals surface area contributed by atoms with E-state index in [0.717, 1.165) is 37.1 Å². The first-order valence-electron chi connectivity index (χ1n) is 8.22. The maximum atomic E-state index is 12.4. The maximum Gasteiger partial charge on any atom is 0.275 e. The molecule has 24 heavy (non-hydrogen) atoms. The highest BCUT2D eigenvalue weighted by atomic mass is 16.3. The van der Waals surface area contributed by atoms with E-state index in [1.54, 1.807) is 0 Å². The van der Waals surface area contributed by atoms with E-state index in [9.17, 15) is 9.59 Å². The molecule has 1 fully saturated rings. The average Bonchev–Trinajstić information content (AvgIpc) is 3.10. The number of likely N-dealkylation sites (tertiary alicyclic amines) is 1. The first kappa shape index (κ1) is 16.2. The maximum absolute atomic E-state index is 12.4. The van der Waals surface area contributed by atoms with Gasteiger partial charge in [-0.1, -0.05) is 12.1 Å². The zero-order valence-corrected chi connectivity index (χ0v) is 13.7. The quantitative estimate of drug-likeness (QED) is 0.936. The van der Waals surface area contributed by atoms with Crippen molar-refractivity contribution in [1.29, 1.82) is 0 Å². The van der Waals surface area contributed by atoms with Crippen molar-refractivity contribution in [1.82, 2.24) is 15.2 Å². The van der Waals surface area contributed by atoms with E-state index in [0.29, 0.717) is 18.1 Å². The van der Waals surface area contributed by atoms with E-state index >= 15 is 0 Å². The Hall–Kier alpha value is -2.63. The van der Waals surface area contributed by atoms with Crippen molar-refractivity contribution < 1.29 is 14.0 Å². The summed E-state index contributed by atoms with van der Waals surface area (Å²) in [5, 5.41) is 2.75. The van der Waals surface area contributed by atoms with Gasteiger partial charge in [-0.25, -0.2) is 4.98 Å². The Labute approximate surface area is 140 Å². The van der Waals surface area contributed by atoms with Crippen molar-refractivity contribution in [3.05, 3.63) is 41.8 Å². The Morgan fingerprint density at radius 1 is 1.17 bits per heavy atom. The number of rotatable bonds is 4. The van der Waals surface area contributed by atoms with Crippen LogP contribution < -0.4 is 5.32 Å². The molecule has 2 heterocycles. The lowest BCUT2D eigenvalue weighted by atomic mass is 10.1. The number of benzene rings is 1. The van der Waals surface area contributed by atoms with Crippen molar-refractivity contribution in [2.45, 2.75) is 32.7 Å². The van der Waals surface area contributed by atoms with E-state index in [2.05, 4.69) is 10.3 Å². The molecule has 1 N–H and O–H groups in total. The third-order valence-electron chi connectivity index (χ3n) is 4.11. The van der Waals surface area contributed by atoms with Crippen molar-refractivity contribution in [2.75, 3.05) is 13.1 Å². The standard InChI is InChI=1S/C18H21N3O3/c1-13(22)19-11-14-5-7-15(8-6-14)17-20-16(12-24-17)18(23)21-9-3-2-4-10-21/h5-8,12H,2-4,9-11H2,1H3,(H,19,22). The number of nitrogens with zero attached hydrogens (tertiary/aromatic N) is 2. The third kappa shape index (κ3) is 3.82. The van der Waals surface area contributed by atoms with Gasteiger partial charge < -0.3 is 14.6 Å². The molecule has 2 aromatic rings. The molecule has 1 aliphatic heterocycles. The van der Waals surface area contributed by atoms with Gasteiger partial charge >= 0.3 is 0 Å².